The Hall–Kier alpha value is -4.91. The first-order valence-corrected chi connectivity index (χ1v) is 17.6. The first kappa shape index (κ1) is 33.6. The SMILES string of the molecule is CN(C)CCc1c[nH]c2ccc(Cn3cncn3)cc12.O=c1[nH]c2ccccc2n1CCCN1CCC(n2c(=O)[nH]c3cc(Cl)ccc32)CC1. The van der Waals surface area contributed by atoms with E-state index in [1.54, 1.807) is 18.7 Å². The summed E-state index contributed by atoms with van der Waals surface area (Å²) >= 11 is 6.05. The summed E-state index contributed by atoms with van der Waals surface area (Å²) < 4.78 is 5.54. The zero-order valence-electron chi connectivity index (χ0n) is 28.5. The minimum atomic E-state index is -0.0653. The Morgan fingerprint density at radius 1 is 0.900 bits per heavy atom. The van der Waals surface area contributed by atoms with Gasteiger partial charge in [-0.15, -0.1) is 0 Å². The van der Waals surface area contributed by atoms with E-state index in [1.807, 2.05) is 50.2 Å². The first-order chi connectivity index (χ1) is 24.3. The summed E-state index contributed by atoms with van der Waals surface area (Å²) in [7, 11) is 4.20. The van der Waals surface area contributed by atoms with Crippen LogP contribution in [0.2, 0.25) is 5.02 Å². The Morgan fingerprint density at radius 2 is 1.72 bits per heavy atom. The third kappa shape index (κ3) is 7.47. The van der Waals surface area contributed by atoms with Crippen LogP contribution in [0.25, 0.3) is 33.0 Å². The summed E-state index contributed by atoms with van der Waals surface area (Å²) in [4.78, 5) is 42.5. The molecule has 0 bridgehead atoms. The van der Waals surface area contributed by atoms with Gasteiger partial charge in [-0.05, 0) is 99.9 Å². The van der Waals surface area contributed by atoms with Gasteiger partial charge in [-0.25, -0.2) is 19.3 Å². The molecule has 1 aliphatic rings. The number of nitrogens with zero attached hydrogens (tertiary/aromatic N) is 7. The molecule has 1 aliphatic heterocycles. The molecule has 7 aromatic rings. The second-order valence-corrected chi connectivity index (χ2v) is 13.8. The summed E-state index contributed by atoms with van der Waals surface area (Å²) in [5.74, 6) is 0. The van der Waals surface area contributed by atoms with Crippen LogP contribution in [-0.2, 0) is 19.5 Å². The zero-order chi connectivity index (χ0) is 34.6. The van der Waals surface area contributed by atoms with Gasteiger partial charge in [0.15, 0.2) is 0 Å². The number of hydrogen-bond donors (Lipinski definition) is 3. The molecule has 50 heavy (non-hydrogen) atoms. The van der Waals surface area contributed by atoms with Gasteiger partial charge >= 0.3 is 11.4 Å². The molecule has 1 saturated heterocycles. The van der Waals surface area contributed by atoms with Crippen molar-refractivity contribution in [2.24, 2.45) is 0 Å². The molecule has 0 unspecified atom stereocenters. The van der Waals surface area contributed by atoms with Crippen LogP contribution < -0.4 is 11.4 Å². The number of halogens is 1. The fraction of sp³-hybridized carbons (Fsp3) is 0.351. The highest BCUT2D eigenvalue weighted by Crippen LogP contribution is 2.26. The molecule has 1 fully saturated rings. The Kier molecular flexibility index (Phi) is 10.0. The molecule has 0 saturated carbocycles. The summed E-state index contributed by atoms with van der Waals surface area (Å²) in [6.45, 7) is 5.34. The number of likely N-dealkylation sites (N-methyl/N-ethyl adjacent to an activating group) is 1. The fourth-order valence-corrected chi connectivity index (χ4v) is 7.20. The highest BCUT2D eigenvalue weighted by Gasteiger charge is 2.23. The van der Waals surface area contributed by atoms with Crippen LogP contribution in [0.5, 0.6) is 0 Å². The quantitative estimate of drug-likeness (QED) is 0.179. The monoisotopic (exact) mass is 694 g/mol. The predicted molar refractivity (Wildman–Crippen MR) is 199 cm³/mol. The summed E-state index contributed by atoms with van der Waals surface area (Å²) in [5.41, 5.74) is 7.25. The minimum absolute atomic E-state index is 0.0475. The minimum Gasteiger partial charge on any atom is -0.361 e. The molecular weight excluding hydrogens is 652 g/mol. The van der Waals surface area contributed by atoms with Crippen LogP contribution >= 0.6 is 11.6 Å². The average molecular weight is 695 g/mol. The number of nitrogens with one attached hydrogen (secondary N) is 3. The van der Waals surface area contributed by atoms with Crippen LogP contribution in [0.3, 0.4) is 0 Å². The fourth-order valence-electron chi connectivity index (χ4n) is 7.02. The van der Waals surface area contributed by atoms with Crippen LogP contribution in [0.15, 0.2) is 89.1 Å². The summed E-state index contributed by atoms with van der Waals surface area (Å²) in [6.07, 6.45) is 9.27. The maximum atomic E-state index is 12.5. The number of H-pyrrole nitrogens is 3. The first-order valence-electron chi connectivity index (χ1n) is 17.2. The number of piperidine rings is 1. The lowest BCUT2D eigenvalue weighted by molar-refractivity contribution is 0.183. The molecule has 5 heterocycles. The maximum absolute atomic E-state index is 12.5. The molecule has 4 aromatic heterocycles. The molecule has 0 spiro atoms. The molecule has 3 aromatic carbocycles. The molecule has 260 valence electrons. The Balaban J connectivity index is 0.000000170. The van der Waals surface area contributed by atoms with E-state index in [4.69, 9.17) is 11.6 Å². The molecule has 13 heteroatoms. The van der Waals surface area contributed by atoms with Gasteiger partial charge in [-0.1, -0.05) is 29.8 Å². The highest BCUT2D eigenvalue weighted by molar-refractivity contribution is 6.31. The lowest BCUT2D eigenvalue weighted by atomic mass is 10.0. The zero-order valence-corrected chi connectivity index (χ0v) is 29.2. The van der Waals surface area contributed by atoms with Crippen molar-refractivity contribution in [3.8, 4) is 0 Å². The highest BCUT2D eigenvalue weighted by atomic mass is 35.5. The molecular formula is C37H43ClN10O2. The van der Waals surface area contributed by atoms with Crippen LogP contribution in [0.4, 0.5) is 0 Å². The molecule has 12 nitrogen and oxygen atoms in total. The summed E-state index contributed by atoms with van der Waals surface area (Å²) in [6, 6.07) is 20.1. The number of para-hydroxylation sites is 2. The van der Waals surface area contributed by atoms with Crippen molar-refractivity contribution in [2.75, 3.05) is 40.3 Å². The molecule has 8 rings (SSSR count). The van der Waals surface area contributed by atoms with Crippen molar-refractivity contribution in [2.45, 2.75) is 44.8 Å². The third-order valence-electron chi connectivity index (χ3n) is 9.61. The van der Waals surface area contributed by atoms with E-state index in [1.165, 1.54) is 22.0 Å². The Morgan fingerprint density at radius 3 is 2.52 bits per heavy atom. The van der Waals surface area contributed by atoms with Crippen molar-refractivity contribution in [1.29, 1.82) is 0 Å². The van der Waals surface area contributed by atoms with E-state index in [2.05, 4.69) is 73.3 Å². The smallest absolute Gasteiger partial charge is 0.326 e. The Labute approximate surface area is 294 Å². The van der Waals surface area contributed by atoms with Crippen molar-refractivity contribution in [3.05, 3.63) is 117 Å². The number of aryl methyl sites for hydroxylation is 1. The van der Waals surface area contributed by atoms with Gasteiger partial charge < -0.3 is 24.8 Å². The van der Waals surface area contributed by atoms with Crippen molar-refractivity contribution < 1.29 is 0 Å². The van der Waals surface area contributed by atoms with E-state index in [0.717, 1.165) is 80.5 Å². The lowest BCUT2D eigenvalue weighted by Gasteiger charge is -2.32. The average Bonchev–Trinajstić information content (AvgIpc) is 3.90. The number of likely N-dealkylation sites (tertiary alicyclic amines) is 1. The third-order valence-corrected chi connectivity index (χ3v) is 9.84. The van der Waals surface area contributed by atoms with Crippen LogP contribution in [-0.4, -0.2) is 88.9 Å². The van der Waals surface area contributed by atoms with Crippen molar-refractivity contribution >= 4 is 44.6 Å². The van der Waals surface area contributed by atoms with E-state index >= 15 is 0 Å². The number of rotatable bonds is 10. The van der Waals surface area contributed by atoms with Gasteiger partial charge in [-0.2, -0.15) is 5.10 Å². The lowest BCUT2D eigenvalue weighted by Crippen LogP contribution is -2.37. The topological polar surface area (TPSA) is 129 Å². The number of hydrogen-bond acceptors (Lipinski definition) is 6. The Bertz CT molecular complexity index is 2300. The number of aromatic amines is 3. The van der Waals surface area contributed by atoms with E-state index in [0.29, 0.717) is 11.6 Å². The van der Waals surface area contributed by atoms with Gasteiger partial charge in [0.2, 0.25) is 0 Å². The van der Waals surface area contributed by atoms with Gasteiger partial charge in [0, 0.05) is 54.3 Å². The standard InChI is InChI=1S/C22H24ClN5O2.C15H19N5/c23-15-6-7-20-18(14-15)25-22(30)28(20)16-8-12-26(13-9-16)10-3-11-27-19-5-2-1-4-17(19)24-21(27)29;1-19(2)6-5-13-8-17-15-4-3-12(7-14(13)15)9-20-11-16-10-18-20/h1-2,4-7,14,16H,3,8-13H2,(H,24,29)(H,25,30);3-4,7-8,10-11,17H,5-6,9H2,1-2H3. The largest absolute Gasteiger partial charge is 0.361 e. The molecule has 0 radical (unpaired) electrons. The van der Waals surface area contributed by atoms with Crippen molar-refractivity contribution in [3.63, 3.8) is 0 Å². The van der Waals surface area contributed by atoms with Gasteiger partial charge in [0.25, 0.3) is 0 Å². The van der Waals surface area contributed by atoms with E-state index in [9.17, 15) is 9.59 Å². The number of imidazole rings is 2. The van der Waals surface area contributed by atoms with E-state index < -0.39 is 0 Å². The van der Waals surface area contributed by atoms with Gasteiger partial charge in [0.1, 0.15) is 12.7 Å². The van der Waals surface area contributed by atoms with Crippen LogP contribution in [0, 0.1) is 0 Å². The number of benzene rings is 3. The molecule has 0 aliphatic carbocycles. The molecule has 0 amide bonds. The molecule has 0 atom stereocenters. The van der Waals surface area contributed by atoms with Gasteiger partial charge in [0.05, 0.1) is 28.6 Å². The van der Waals surface area contributed by atoms with Crippen molar-refractivity contribution in [1.82, 2.24) is 48.7 Å². The van der Waals surface area contributed by atoms with Crippen LogP contribution in [0.1, 0.15) is 36.4 Å². The summed E-state index contributed by atoms with van der Waals surface area (Å²) in [5, 5.41) is 6.09. The molecule has 3 N–H and O–H groups in total. The number of fused-ring (bicyclic) bond motifs is 3. The number of aromatic nitrogens is 8. The van der Waals surface area contributed by atoms with Gasteiger partial charge in [-0.3, -0.25) is 9.13 Å². The van der Waals surface area contributed by atoms with E-state index in [-0.39, 0.29) is 17.4 Å². The second-order valence-electron chi connectivity index (χ2n) is 13.3. The maximum Gasteiger partial charge on any atom is 0.326 e. The second kappa shape index (κ2) is 14.9. The normalized spacial score (nSPS) is 14.2. The predicted octanol–water partition coefficient (Wildman–Crippen LogP) is 5.27.